The summed E-state index contributed by atoms with van der Waals surface area (Å²) in [4.78, 5) is 29.8. The molecule has 0 saturated carbocycles. The molecule has 9 heteroatoms. The van der Waals surface area contributed by atoms with Crippen LogP contribution < -0.4 is 11.2 Å². The molecule has 4 atom stereocenters. The monoisotopic (exact) mass is 383 g/mol. The van der Waals surface area contributed by atoms with E-state index in [2.05, 4.69) is 4.98 Å². The van der Waals surface area contributed by atoms with Crippen molar-refractivity contribution >= 4 is 10.8 Å². The lowest BCUT2D eigenvalue weighted by atomic mass is 10.1. The van der Waals surface area contributed by atoms with Gasteiger partial charge in [-0.3, -0.25) is 14.3 Å². The highest BCUT2D eigenvalue weighted by molar-refractivity contribution is 5.84. The Morgan fingerprint density at radius 2 is 1.96 bits per heavy atom. The number of nitrogens with zero attached hydrogens (tertiary/aromatic N) is 3. The number of hydrogen-bond acceptors (Lipinski definition) is 7. The molecule has 2 N–H and O–H groups in total. The molecule has 3 aromatic rings. The molecule has 2 saturated heterocycles. The first-order chi connectivity index (χ1) is 13.5. The Morgan fingerprint density at radius 3 is 2.75 bits per heavy atom. The lowest BCUT2D eigenvalue weighted by molar-refractivity contribution is -0.169. The van der Waals surface area contributed by atoms with Crippen LogP contribution in [0.5, 0.6) is 0 Å². The van der Waals surface area contributed by atoms with E-state index in [1.807, 2.05) is 30.3 Å². The maximum absolute atomic E-state index is 13.0. The van der Waals surface area contributed by atoms with Gasteiger partial charge in [-0.2, -0.15) is 0 Å². The highest BCUT2D eigenvalue weighted by Gasteiger charge is 2.72. The van der Waals surface area contributed by atoms with Gasteiger partial charge in [0.1, 0.15) is 12.2 Å². The normalized spacial score (nSPS) is 28.4. The zero-order valence-electron chi connectivity index (χ0n) is 14.6. The van der Waals surface area contributed by atoms with Crippen LogP contribution >= 0.6 is 0 Å². The van der Waals surface area contributed by atoms with Gasteiger partial charge in [0.15, 0.2) is 6.10 Å². The quantitative estimate of drug-likeness (QED) is 0.576. The van der Waals surface area contributed by atoms with Crippen LogP contribution in [0.15, 0.2) is 58.4 Å². The van der Waals surface area contributed by atoms with Gasteiger partial charge in [0.25, 0.3) is 11.5 Å². The van der Waals surface area contributed by atoms with Crippen molar-refractivity contribution in [1.82, 2.24) is 14.1 Å². The molecule has 2 fully saturated rings. The SMILES string of the molecule is O=c1ccn(C23OC2C(O)[C@@H](CO)O3)c(=O)n1Cc1nccc2ccccc12. The fourth-order valence-corrected chi connectivity index (χ4v) is 3.76. The van der Waals surface area contributed by atoms with E-state index in [-0.39, 0.29) is 6.54 Å². The van der Waals surface area contributed by atoms with Crippen molar-refractivity contribution in [2.75, 3.05) is 6.61 Å². The van der Waals surface area contributed by atoms with E-state index in [1.54, 1.807) is 6.20 Å². The first-order valence-electron chi connectivity index (χ1n) is 8.85. The molecule has 9 nitrogen and oxygen atoms in total. The predicted molar refractivity (Wildman–Crippen MR) is 96.6 cm³/mol. The van der Waals surface area contributed by atoms with Crippen LogP contribution in [0.3, 0.4) is 0 Å². The number of hydrogen-bond donors (Lipinski definition) is 2. The van der Waals surface area contributed by atoms with Crippen molar-refractivity contribution in [2.45, 2.75) is 30.8 Å². The zero-order valence-corrected chi connectivity index (χ0v) is 14.6. The lowest BCUT2D eigenvalue weighted by Gasteiger charge is -2.18. The molecule has 0 spiro atoms. The van der Waals surface area contributed by atoms with Crippen molar-refractivity contribution in [3.8, 4) is 0 Å². The molecule has 2 aliphatic heterocycles. The van der Waals surface area contributed by atoms with Gasteiger partial charge in [0, 0.05) is 23.8 Å². The number of aliphatic hydroxyl groups excluding tert-OH is 2. The minimum atomic E-state index is -1.49. The summed E-state index contributed by atoms with van der Waals surface area (Å²) in [5, 5.41) is 21.2. The molecule has 28 heavy (non-hydrogen) atoms. The second-order valence-electron chi connectivity index (χ2n) is 6.87. The minimum Gasteiger partial charge on any atom is -0.394 e. The molecule has 0 aliphatic carbocycles. The number of benzene rings is 1. The van der Waals surface area contributed by atoms with Crippen LogP contribution in [0, 0.1) is 0 Å². The van der Waals surface area contributed by atoms with Crippen molar-refractivity contribution in [2.24, 2.45) is 0 Å². The average molecular weight is 383 g/mol. The number of rotatable bonds is 4. The van der Waals surface area contributed by atoms with Gasteiger partial charge in [-0.15, -0.1) is 0 Å². The predicted octanol–water partition coefficient (Wildman–Crippen LogP) is -0.632. The summed E-state index contributed by atoms with van der Waals surface area (Å²) in [6.07, 6.45) is 0.224. The highest BCUT2D eigenvalue weighted by Crippen LogP contribution is 2.51. The van der Waals surface area contributed by atoms with Crippen LogP contribution in [0.2, 0.25) is 0 Å². The largest absolute Gasteiger partial charge is 0.394 e. The Balaban J connectivity index is 1.58. The summed E-state index contributed by atoms with van der Waals surface area (Å²) >= 11 is 0. The third kappa shape index (κ3) is 2.38. The Hall–Kier alpha value is -2.85. The van der Waals surface area contributed by atoms with E-state index in [0.717, 1.165) is 19.9 Å². The first-order valence-corrected chi connectivity index (χ1v) is 8.85. The zero-order chi connectivity index (χ0) is 19.5. The van der Waals surface area contributed by atoms with E-state index >= 15 is 0 Å². The molecule has 0 amide bonds. The number of pyridine rings is 1. The Labute approximate surface area is 158 Å². The maximum Gasteiger partial charge on any atom is 0.335 e. The van der Waals surface area contributed by atoms with Crippen LogP contribution in [-0.4, -0.2) is 49.3 Å². The number of epoxide rings is 1. The Bertz CT molecular complexity index is 1180. The maximum atomic E-state index is 13.0. The van der Waals surface area contributed by atoms with E-state index in [1.165, 1.54) is 12.3 Å². The van der Waals surface area contributed by atoms with Gasteiger partial charge >= 0.3 is 5.69 Å². The van der Waals surface area contributed by atoms with Crippen molar-refractivity contribution < 1.29 is 19.7 Å². The molecular formula is C19H17N3O6. The minimum absolute atomic E-state index is 0.0212. The van der Waals surface area contributed by atoms with Gasteiger partial charge in [0.05, 0.1) is 18.8 Å². The van der Waals surface area contributed by atoms with Crippen molar-refractivity contribution in [3.63, 3.8) is 0 Å². The van der Waals surface area contributed by atoms with Gasteiger partial charge in [0.2, 0.25) is 0 Å². The summed E-state index contributed by atoms with van der Waals surface area (Å²) in [6.45, 7) is -0.427. The van der Waals surface area contributed by atoms with Gasteiger partial charge < -0.3 is 19.7 Å². The summed E-state index contributed by atoms with van der Waals surface area (Å²) in [7, 11) is 0. The van der Waals surface area contributed by atoms with Gasteiger partial charge in [-0.05, 0) is 11.5 Å². The number of aromatic nitrogens is 3. The summed E-state index contributed by atoms with van der Waals surface area (Å²) in [5.74, 6) is -1.49. The molecule has 2 aliphatic rings. The molecule has 4 heterocycles. The van der Waals surface area contributed by atoms with Gasteiger partial charge in [-0.25, -0.2) is 9.36 Å². The van der Waals surface area contributed by atoms with Crippen LogP contribution in [0.4, 0.5) is 0 Å². The molecule has 0 bridgehead atoms. The van der Waals surface area contributed by atoms with Gasteiger partial charge in [-0.1, -0.05) is 24.3 Å². The molecule has 3 unspecified atom stereocenters. The number of ether oxygens (including phenoxy) is 2. The topological polar surface area (TPSA) is 119 Å². The second kappa shape index (κ2) is 6.08. The standard InChI is InChI=1S/C19H17N3O6/c23-10-14-16(25)17-19(27-14,28-17)22-8-6-15(24)21(18(22)26)9-13-12-4-2-1-3-11(12)5-7-20-13/h1-8,14,16-17,23,25H,9-10H2/t14-,16?,17?,19?/m1/s1. The molecular weight excluding hydrogens is 366 g/mol. The Morgan fingerprint density at radius 1 is 1.14 bits per heavy atom. The molecule has 1 aromatic carbocycles. The first kappa shape index (κ1) is 17.3. The molecule has 0 radical (unpaired) electrons. The number of aliphatic hydroxyl groups is 2. The van der Waals surface area contributed by atoms with Crippen molar-refractivity contribution in [3.05, 3.63) is 75.3 Å². The van der Waals surface area contributed by atoms with E-state index in [9.17, 15) is 19.8 Å². The fraction of sp³-hybridized carbons (Fsp3) is 0.316. The second-order valence-corrected chi connectivity index (χ2v) is 6.87. The van der Waals surface area contributed by atoms with E-state index in [0.29, 0.717) is 5.69 Å². The third-order valence-electron chi connectivity index (χ3n) is 5.26. The van der Waals surface area contributed by atoms with Crippen LogP contribution in [0.25, 0.3) is 10.8 Å². The molecule has 144 valence electrons. The molecule has 5 rings (SSSR count). The van der Waals surface area contributed by atoms with Crippen LogP contribution in [-0.2, 0) is 21.9 Å². The average Bonchev–Trinajstić information content (AvgIpc) is 3.37. The summed E-state index contributed by atoms with van der Waals surface area (Å²) in [5.41, 5.74) is -0.543. The van der Waals surface area contributed by atoms with E-state index in [4.69, 9.17) is 9.47 Å². The van der Waals surface area contributed by atoms with Crippen LogP contribution in [0.1, 0.15) is 5.69 Å². The smallest absolute Gasteiger partial charge is 0.335 e. The third-order valence-corrected chi connectivity index (χ3v) is 5.26. The number of fused-ring (bicyclic) bond motifs is 2. The lowest BCUT2D eigenvalue weighted by Crippen LogP contribution is -2.44. The highest BCUT2D eigenvalue weighted by atomic mass is 16.8. The fourth-order valence-electron chi connectivity index (χ4n) is 3.76. The summed E-state index contributed by atoms with van der Waals surface area (Å²) in [6, 6.07) is 10.7. The summed E-state index contributed by atoms with van der Waals surface area (Å²) < 4.78 is 13.2. The van der Waals surface area contributed by atoms with E-state index < -0.39 is 42.1 Å². The van der Waals surface area contributed by atoms with Crippen molar-refractivity contribution in [1.29, 1.82) is 0 Å². The Kier molecular flexibility index (Phi) is 3.75. The molecule has 2 aromatic heterocycles.